The van der Waals surface area contributed by atoms with Crippen LogP contribution in [0.5, 0.6) is 5.75 Å². The second-order valence-electron chi connectivity index (χ2n) is 6.41. The molecule has 3 rings (SSSR count). The zero-order valence-corrected chi connectivity index (χ0v) is 13.4. The lowest BCUT2D eigenvalue weighted by Crippen LogP contribution is -2.45. The first-order valence-electron chi connectivity index (χ1n) is 7.99. The summed E-state index contributed by atoms with van der Waals surface area (Å²) < 4.78 is 5.30. The van der Waals surface area contributed by atoms with E-state index < -0.39 is 0 Å². The van der Waals surface area contributed by atoms with E-state index in [0.29, 0.717) is 0 Å². The predicted molar refractivity (Wildman–Crippen MR) is 86.0 cm³/mol. The molecule has 1 amide bonds. The number of likely N-dealkylation sites (tertiary alicyclic amines) is 1. The molecular formula is C17H25N3O2. The van der Waals surface area contributed by atoms with Gasteiger partial charge in [0.05, 0.1) is 13.2 Å². The number of benzene rings is 1. The Morgan fingerprint density at radius 1 is 1.27 bits per heavy atom. The zero-order chi connectivity index (χ0) is 15.7. The molecule has 22 heavy (non-hydrogen) atoms. The Morgan fingerprint density at radius 2 is 2.00 bits per heavy atom. The second kappa shape index (κ2) is 6.26. The molecule has 2 aliphatic rings. The van der Waals surface area contributed by atoms with Crippen molar-refractivity contribution in [2.45, 2.75) is 31.3 Å². The summed E-state index contributed by atoms with van der Waals surface area (Å²) in [5.41, 5.74) is 8.61. The minimum absolute atomic E-state index is 0.0502. The Hall–Kier alpha value is -1.59. The van der Waals surface area contributed by atoms with Gasteiger partial charge in [0.25, 0.3) is 0 Å². The minimum Gasteiger partial charge on any atom is -0.497 e. The number of fused-ring (bicyclic) bond motifs is 1. The van der Waals surface area contributed by atoms with Gasteiger partial charge in [-0.3, -0.25) is 9.69 Å². The number of nitrogens with zero attached hydrogens (tertiary/aromatic N) is 2. The van der Waals surface area contributed by atoms with Crippen molar-refractivity contribution < 1.29 is 9.53 Å². The van der Waals surface area contributed by atoms with Crippen LogP contribution < -0.4 is 10.5 Å². The fraction of sp³-hybridized carbons (Fsp3) is 0.588. The first-order valence-corrected chi connectivity index (χ1v) is 7.99. The van der Waals surface area contributed by atoms with Crippen LogP contribution in [-0.2, 0) is 17.6 Å². The van der Waals surface area contributed by atoms with Gasteiger partial charge < -0.3 is 15.4 Å². The number of hydrogen-bond donors (Lipinski definition) is 1. The summed E-state index contributed by atoms with van der Waals surface area (Å²) in [6, 6.07) is 6.29. The second-order valence-corrected chi connectivity index (χ2v) is 6.41. The van der Waals surface area contributed by atoms with E-state index >= 15 is 0 Å². The topological polar surface area (TPSA) is 58.8 Å². The maximum absolute atomic E-state index is 12.8. The highest BCUT2D eigenvalue weighted by atomic mass is 16.5. The van der Waals surface area contributed by atoms with Gasteiger partial charge in [0.1, 0.15) is 5.75 Å². The van der Waals surface area contributed by atoms with Crippen LogP contribution in [0.4, 0.5) is 0 Å². The largest absolute Gasteiger partial charge is 0.497 e. The lowest BCUT2D eigenvalue weighted by atomic mass is 10.0. The summed E-state index contributed by atoms with van der Waals surface area (Å²) in [6.07, 6.45) is 2.57. The number of hydrogen-bond acceptors (Lipinski definition) is 4. The Kier molecular flexibility index (Phi) is 4.36. The van der Waals surface area contributed by atoms with Crippen molar-refractivity contribution in [3.8, 4) is 5.75 Å². The first kappa shape index (κ1) is 15.3. The zero-order valence-electron chi connectivity index (χ0n) is 13.4. The monoisotopic (exact) mass is 303 g/mol. The molecule has 120 valence electrons. The van der Waals surface area contributed by atoms with Crippen LogP contribution in [-0.4, -0.2) is 61.6 Å². The van der Waals surface area contributed by atoms with Gasteiger partial charge in [-0.05, 0) is 49.6 Å². The Balaban J connectivity index is 1.70. The van der Waals surface area contributed by atoms with Gasteiger partial charge in [0.15, 0.2) is 0 Å². The number of nitrogens with two attached hydrogens (primary N) is 1. The number of carbonyl (C=O) groups is 1. The third-order valence-electron chi connectivity index (χ3n) is 4.89. The summed E-state index contributed by atoms with van der Waals surface area (Å²) in [5.74, 6) is 1.12. The number of likely N-dealkylation sites (N-methyl/N-ethyl adjacent to an activating group) is 1. The molecule has 0 bridgehead atoms. The van der Waals surface area contributed by atoms with Crippen LogP contribution in [0.1, 0.15) is 17.5 Å². The van der Waals surface area contributed by atoms with Crippen LogP contribution in [0.25, 0.3) is 0 Å². The van der Waals surface area contributed by atoms with Gasteiger partial charge >= 0.3 is 0 Å². The van der Waals surface area contributed by atoms with Crippen LogP contribution in [0.2, 0.25) is 0 Å². The summed E-state index contributed by atoms with van der Waals surface area (Å²) in [5, 5.41) is 0. The molecule has 0 aliphatic carbocycles. The van der Waals surface area contributed by atoms with E-state index in [1.54, 1.807) is 7.11 Å². The van der Waals surface area contributed by atoms with Crippen molar-refractivity contribution in [1.29, 1.82) is 0 Å². The number of carbonyl (C=O) groups excluding carboxylic acids is 1. The Labute approximate surface area is 132 Å². The third-order valence-corrected chi connectivity index (χ3v) is 4.89. The minimum atomic E-state index is -0.0502. The van der Waals surface area contributed by atoms with Crippen LogP contribution in [0.3, 0.4) is 0 Å². The normalized spacial score (nSPS) is 25.7. The van der Waals surface area contributed by atoms with Crippen LogP contribution in [0.15, 0.2) is 18.2 Å². The van der Waals surface area contributed by atoms with Crippen molar-refractivity contribution in [2.75, 3.05) is 33.8 Å². The highest BCUT2D eigenvalue weighted by Gasteiger charge is 2.35. The van der Waals surface area contributed by atoms with Crippen molar-refractivity contribution in [2.24, 2.45) is 5.73 Å². The molecule has 1 aromatic carbocycles. The van der Waals surface area contributed by atoms with Crippen molar-refractivity contribution in [3.63, 3.8) is 0 Å². The highest BCUT2D eigenvalue weighted by molar-refractivity contribution is 5.82. The first-order chi connectivity index (χ1) is 10.6. The summed E-state index contributed by atoms with van der Waals surface area (Å²) in [6.45, 7) is 2.37. The molecule has 0 radical (unpaired) electrons. The molecule has 1 fully saturated rings. The molecule has 2 unspecified atom stereocenters. The summed E-state index contributed by atoms with van der Waals surface area (Å²) in [7, 11) is 3.68. The van der Waals surface area contributed by atoms with Gasteiger partial charge in [0, 0.05) is 25.7 Å². The number of methoxy groups -OCH3 is 1. The molecule has 0 aromatic heterocycles. The van der Waals surface area contributed by atoms with E-state index in [1.807, 2.05) is 18.0 Å². The SMILES string of the molecule is COc1ccc2c(c1)CCN(C(=O)C1CC(N)CN1C)CC2. The summed E-state index contributed by atoms with van der Waals surface area (Å²) >= 11 is 0. The predicted octanol–water partition coefficient (Wildman–Crippen LogP) is 0.654. The molecule has 2 aliphatic heterocycles. The molecular weight excluding hydrogens is 278 g/mol. The quantitative estimate of drug-likeness (QED) is 0.872. The van der Waals surface area contributed by atoms with E-state index in [2.05, 4.69) is 17.0 Å². The van der Waals surface area contributed by atoms with E-state index in [1.165, 1.54) is 11.1 Å². The lowest BCUT2D eigenvalue weighted by Gasteiger charge is -2.27. The summed E-state index contributed by atoms with van der Waals surface area (Å²) in [4.78, 5) is 16.9. The molecule has 0 saturated carbocycles. The fourth-order valence-electron chi connectivity index (χ4n) is 3.59. The third kappa shape index (κ3) is 2.96. The van der Waals surface area contributed by atoms with E-state index in [4.69, 9.17) is 10.5 Å². The van der Waals surface area contributed by atoms with Crippen molar-refractivity contribution >= 4 is 5.91 Å². The van der Waals surface area contributed by atoms with E-state index in [0.717, 1.165) is 44.6 Å². The van der Waals surface area contributed by atoms with Gasteiger partial charge in [-0.2, -0.15) is 0 Å². The maximum atomic E-state index is 12.8. The average molecular weight is 303 g/mol. The van der Waals surface area contributed by atoms with Crippen LogP contribution in [0, 0.1) is 0 Å². The van der Waals surface area contributed by atoms with Gasteiger partial charge in [-0.15, -0.1) is 0 Å². The standard InChI is InChI=1S/C17H25N3O2/c1-19-11-14(18)10-16(19)17(21)20-7-5-12-3-4-15(22-2)9-13(12)6-8-20/h3-4,9,14,16H,5-8,10-11,18H2,1-2H3. The molecule has 2 atom stereocenters. The molecule has 5 nitrogen and oxygen atoms in total. The van der Waals surface area contributed by atoms with Gasteiger partial charge in [0.2, 0.25) is 5.91 Å². The van der Waals surface area contributed by atoms with Crippen LogP contribution >= 0.6 is 0 Å². The number of ether oxygens (including phenoxy) is 1. The maximum Gasteiger partial charge on any atom is 0.240 e. The molecule has 5 heteroatoms. The number of amides is 1. The number of rotatable bonds is 2. The Bertz CT molecular complexity index is 561. The molecule has 2 N–H and O–H groups in total. The molecule has 0 spiro atoms. The fourth-order valence-corrected chi connectivity index (χ4v) is 3.59. The van der Waals surface area contributed by atoms with Crippen molar-refractivity contribution in [3.05, 3.63) is 29.3 Å². The Morgan fingerprint density at radius 3 is 2.64 bits per heavy atom. The molecule has 1 saturated heterocycles. The average Bonchev–Trinajstić information content (AvgIpc) is 2.73. The highest BCUT2D eigenvalue weighted by Crippen LogP contribution is 2.23. The molecule has 2 heterocycles. The lowest BCUT2D eigenvalue weighted by molar-refractivity contribution is -0.135. The van der Waals surface area contributed by atoms with E-state index in [9.17, 15) is 4.79 Å². The van der Waals surface area contributed by atoms with Gasteiger partial charge in [-0.25, -0.2) is 0 Å². The molecule has 1 aromatic rings. The van der Waals surface area contributed by atoms with Gasteiger partial charge in [-0.1, -0.05) is 6.07 Å². The van der Waals surface area contributed by atoms with Crippen molar-refractivity contribution in [1.82, 2.24) is 9.80 Å². The van der Waals surface area contributed by atoms with E-state index in [-0.39, 0.29) is 18.0 Å². The smallest absolute Gasteiger partial charge is 0.240 e.